The summed E-state index contributed by atoms with van der Waals surface area (Å²) in [5, 5.41) is 10.5. The first-order valence-corrected chi connectivity index (χ1v) is 8.79. The van der Waals surface area contributed by atoms with Gasteiger partial charge < -0.3 is 9.84 Å². The molecule has 3 rings (SSSR count). The zero-order valence-corrected chi connectivity index (χ0v) is 14.8. The monoisotopic (exact) mass is 392 g/mol. The second kappa shape index (κ2) is 4.34. The number of aliphatic hydroxyl groups is 1. The topological polar surface area (TPSA) is 46.5 Å². The average molecular weight is 392 g/mol. The summed E-state index contributed by atoms with van der Waals surface area (Å²) in [5.74, 6) is 0.669. The van der Waals surface area contributed by atoms with Gasteiger partial charge in [0.15, 0.2) is 0 Å². The maximum Gasteiger partial charge on any atom is 0.321 e. The molecule has 1 N–H and O–H groups in total. The third-order valence-corrected chi connectivity index (χ3v) is 7.06. The van der Waals surface area contributed by atoms with Crippen LogP contribution in [-0.2, 0) is 9.53 Å². The first-order chi connectivity index (χ1) is 9.12. The Bertz CT molecular complexity index is 445. The van der Waals surface area contributed by atoms with Gasteiger partial charge >= 0.3 is 5.97 Å². The number of esters is 1. The molecule has 0 radical (unpaired) electrons. The van der Waals surface area contributed by atoms with E-state index in [1.54, 1.807) is 0 Å². The van der Waals surface area contributed by atoms with Crippen molar-refractivity contribution >= 4 is 28.6 Å². The Balaban J connectivity index is 1.67. The van der Waals surface area contributed by atoms with E-state index in [9.17, 15) is 9.90 Å². The summed E-state index contributed by atoms with van der Waals surface area (Å²) < 4.78 is 5.23. The molecular weight excluding hydrogens is 367 g/mol. The Labute approximate surface area is 135 Å². The Morgan fingerprint density at radius 3 is 2.75 bits per heavy atom. The van der Waals surface area contributed by atoms with Gasteiger partial charge in [0, 0.05) is 5.41 Å². The summed E-state index contributed by atoms with van der Waals surface area (Å²) >= 11 is 2.18. The quantitative estimate of drug-likeness (QED) is 0.453. The van der Waals surface area contributed by atoms with Gasteiger partial charge in [0.1, 0.15) is 3.42 Å². The largest absolute Gasteiger partial charge is 0.464 e. The van der Waals surface area contributed by atoms with Crippen LogP contribution in [0.5, 0.6) is 0 Å². The van der Waals surface area contributed by atoms with E-state index in [4.69, 9.17) is 4.74 Å². The molecule has 4 heteroatoms. The lowest BCUT2D eigenvalue weighted by atomic mass is 9.66. The third kappa shape index (κ3) is 2.40. The second-order valence-corrected chi connectivity index (χ2v) is 10.5. The van der Waals surface area contributed by atoms with Crippen LogP contribution in [0, 0.1) is 16.7 Å². The van der Waals surface area contributed by atoms with E-state index < -0.39 is 9.02 Å². The summed E-state index contributed by atoms with van der Waals surface area (Å²) in [5.41, 5.74) is -0.151. The first-order valence-electron chi connectivity index (χ1n) is 7.71. The van der Waals surface area contributed by atoms with E-state index in [1.807, 2.05) is 20.8 Å². The van der Waals surface area contributed by atoms with Crippen LogP contribution in [-0.4, -0.2) is 26.7 Å². The Kier molecular flexibility index (Phi) is 3.27. The number of halogens is 1. The number of carbonyl (C=O) groups excluding carboxylic acids is 1. The van der Waals surface area contributed by atoms with Crippen LogP contribution in [0.15, 0.2) is 0 Å². The molecule has 5 unspecified atom stereocenters. The van der Waals surface area contributed by atoms with Crippen molar-refractivity contribution in [3.63, 3.8) is 0 Å². The number of fused-ring (bicyclic) bond motifs is 1. The van der Waals surface area contributed by atoms with Crippen LogP contribution in [0.1, 0.15) is 59.3 Å². The number of carbonyl (C=O) groups is 1. The van der Waals surface area contributed by atoms with E-state index in [-0.39, 0.29) is 11.4 Å². The fraction of sp³-hybridized carbons (Fsp3) is 0.938. The van der Waals surface area contributed by atoms with E-state index in [2.05, 4.69) is 22.6 Å². The molecule has 0 amide bonds. The number of hydrogen-bond acceptors (Lipinski definition) is 3. The molecule has 3 aliphatic carbocycles. The van der Waals surface area contributed by atoms with Gasteiger partial charge in [-0.1, -0.05) is 29.5 Å². The average Bonchev–Trinajstić information content (AvgIpc) is 2.86. The standard InChI is InChI=1S/C16H25IO3/c1-4-14(3,17)12(18)20-10-15-5-11-6-16(11,9-15)8-13(2,19)7-15/h11,19H,4-10H2,1-3H3. The van der Waals surface area contributed by atoms with Crippen molar-refractivity contribution in [1.29, 1.82) is 0 Å². The van der Waals surface area contributed by atoms with Crippen molar-refractivity contribution in [3.8, 4) is 0 Å². The van der Waals surface area contributed by atoms with Crippen molar-refractivity contribution in [2.24, 2.45) is 16.7 Å². The molecule has 5 atom stereocenters. The van der Waals surface area contributed by atoms with E-state index >= 15 is 0 Å². The molecule has 0 aromatic heterocycles. The molecule has 114 valence electrons. The van der Waals surface area contributed by atoms with E-state index in [0.717, 1.165) is 38.0 Å². The van der Waals surface area contributed by atoms with Crippen molar-refractivity contribution < 1.29 is 14.6 Å². The highest BCUT2D eigenvalue weighted by Gasteiger charge is 2.70. The Hall–Kier alpha value is 0.160. The molecule has 3 nitrogen and oxygen atoms in total. The van der Waals surface area contributed by atoms with Gasteiger partial charge in [0.05, 0.1) is 12.2 Å². The number of rotatable bonds is 4. The van der Waals surface area contributed by atoms with Crippen molar-refractivity contribution in [1.82, 2.24) is 0 Å². The molecular formula is C16H25IO3. The SMILES string of the molecule is CCC(C)(I)C(=O)OCC12CC3CC3(CC(C)(O)C1)C2. The summed E-state index contributed by atoms with van der Waals surface area (Å²) in [6.45, 7) is 6.40. The Morgan fingerprint density at radius 1 is 1.40 bits per heavy atom. The summed E-state index contributed by atoms with van der Waals surface area (Å²) in [7, 11) is 0. The molecule has 0 heterocycles. The van der Waals surface area contributed by atoms with Gasteiger partial charge in [-0.2, -0.15) is 0 Å². The predicted molar refractivity (Wildman–Crippen MR) is 85.7 cm³/mol. The minimum atomic E-state index is -0.575. The fourth-order valence-electron chi connectivity index (χ4n) is 5.00. The van der Waals surface area contributed by atoms with Crippen LogP contribution in [0.4, 0.5) is 0 Å². The molecule has 2 bridgehead atoms. The van der Waals surface area contributed by atoms with Crippen molar-refractivity contribution in [2.45, 2.75) is 68.3 Å². The highest BCUT2D eigenvalue weighted by molar-refractivity contribution is 14.1. The molecule has 3 aliphatic rings. The molecule has 0 aromatic carbocycles. The van der Waals surface area contributed by atoms with Gasteiger partial charge in [-0.05, 0) is 63.7 Å². The summed E-state index contributed by atoms with van der Waals surface area (Å²) in [4.78, 5) is 12.2. The van der Waals surface area contributed by atoms with E-state index in [1.165, 1.54) is 6.42 Å². The molecule has 3 saturated carbocycles. The van der Waals surface area contributed by atoms with Gasteiger partial charge in [0.25, 0.3) is 0 Å². The lowest BCUT2D eigenvalue weighted by molar-refractivity contribution is -0.153. The smallest absolute Gasteiger partial charge is 0.321 e. The van der Waals surface area contributed by atoms with Gasteiger partial charge in [-0.15, -0.1) is 0 Å². The molecule has 0 aliphatic heterocycles. The minimum absolute atomic E-state index is 0.0424. The van der Waals surface area contributed by atoms with Gasteiger partial charge in [-0.3, -0.25) is 4.79 Å². The van der Waals surface area contributed by atoms with Crippen molar-refractivity contribution in [3.05, 3.63) is 0 Å². The Morgan fingerprint density at radius 2 is 2.10 bits per heavy atom. The van der Waals surface area contributed by atoms with E-state index in [0.29, 0.717) is 12.0 Å². The van der Waals surface area contributed by atoms with Crippen LogP contribution in [0.3, 0.4) is 0 Å². The highest BCUT2D eigenvalue weighted by atomic mass is 127. The van der Waals surface area contributed by atoms with Crippen LogP contribution in [0.2, 0.25) is 0 Å². The number of alkyl halides is 1. The fourth-order valence-corrected chi connectivity index (χ4v) is 5.15. The predicted octanol–water partition coefficient (Wildman–Crippen LogP) is 3.46. The normalized spacial score (nSPS) is 48.4. The van der Waals surface area contributed by atoms with Crippen molar-refractivity contribution in [2.75, 3.05) is 6.61 Å². The lowest BCUT2D eigenvalue weighted by Gasteiger charge is -2.44. The van der Waals surface area contributed by atoms with Crippen LogP contribution < -0.4 is 0 Å². The minimum Gasteiger partial charge on any atom is -0.464 e. The molecule has 3 fully saturated rings. The first kappa shape index (κ1) is 15.1. The summed E-state index contributed by atoms with van der Waals surface area (Å²) in [6, 6.07) is 0. The van der Waals surface area contributed by atoms with Crippen LogP contribution >= 0.6 is 22.6 Å². The zero-order valence-electron chi connectivity index (χ0n) is 12.7. The third-order valence-electron chi connectivity index (χ3n) is 5.85. The lowest BCUT2D eigenvalue weighted by Crippen LogP contribution is -2.44. The molecule has 0 saturated heterocycles. The van der Waals surface area contributed by atoms with Gasteiger partial charge in [-0.25, -0.2) is 0 Å². The van der Waals surface area contributed by atoms with Crippen LogP contribution in [0.25, 0.3) is 0 Å². The molecule has 20 heavy (non-hydrogen) atoms. The summed E-state index contributed by atoms with van der Waals surface area (Å²) in [6.07, 6.45) is 6.08. The highest BCUT2D eigenvalue weighted by Crippen LogP contribution is 2.76. The number of hydrogen-bond donors (Lipinski definition) is 1. The second-order valence-electron chi connectivity index (χ2n) is 8.12. The number of ether oxygens (including phenoxy) is 1. The maximum atomic E-state index is 12.2. The molecule has 0 aromatic rings. The zero-order chi connectivity index (χ0) is 14.8. The maximum absolute atomic E-state index is 12.2. The van der Waals surface area contributed by atoms with Gasteiger partial charge in [0.2, 0.25) is 0 Å². The molecule has 1 spiro atoms.